The number of unbranched alkanes of at least 4 members (excludes halogenated alkanes) is 32. The Balaban J connectivity index is 4.04. The number of ether oxygens (including phenoxy) is 2. The average Bonchev–Trinajstić information content (AvgIpc) is 3.27. The van der Waals surface area contributed by atoms with E-state index < -0.39 is 13.9 Å². The van der Waals surface area contributed by atoms with Crippen LogP contribution in [0.3, 0.4) is 0 Å². The van der Waals surface area contributed by atoms with Crippen LogP contribution in [-0.2, 0) is 27.9 Å². The van der Waals surface area contributed by atoms with Gasteiger partial charge in [0.1, 0.15) is 19.3 Å². The molecule has 9 heteroatoms. The number of rotatable bonds is 52. The van der Waals surface area contributed by atoms with Crippen LogP contribution in [0.15, 0.2) is 36.5 Å². The molecule has 0 fully saturated rings. The van der Waals surface area contributed by atoms with Crippen LogP contribution >= 0.6 is 7.82 Å². The number of esters is 1. The molecular formula is C56H109NO7P+. The molecule has 0 aromatic rings. The van der Waals surface area contributed by atoms with Gasteiger partial charge >= 0.3 is 13.8 Å². The molecule has 0 aliphatic carbocycles. The SMILES string of the molecule is CCCCC/C=C\C/C=C\CCCCCCCCCC(=O)OC(COCCCCCCCCCCCCCCCC/C=C\CCCCCCCCCC)COP(=O)(O)OCC[N+](C)(C)C. The van der Waals surface area contributed by atoms with Gasteiger partial charge in [-0.3, -0.25) is 13.8 Å². The first-order valence-corrected chi connectivity index (χ1v) is 29.2. The largest absolute Gasteiger partial charge is 0.472 e. The molecule has 0 amide bonds. The zero-order chi connectivity index (χ0) is 47.6. The van der Waals surface area contributed by atoms with E-state index in [4.69, 9.17) is 18.5 Å². The van der Waals surface area contributed by atoms with Crippen molar-refractivity contribution >= 4 is 13.8 Å². The Bertz CT molecular complexity index is 1140. The fourth-order valence-electron chi connectivity index (χ4n) is 7.87. The smallest absolute Gasteiger partial charge is 0.457 e. The maximum Gasteiger partial charge on any atom is 0.472 e. The Kier molecular flexibility index (Phi) is 48.2. The number of quaternary nitrogens is 1. The molecule has 65 heavy (non-hydrogen) atoms. The van der Waals surface area contributed by atoms with Gasteiger partial charge in [0.25, 0.3) is 0 Å². The minimum atomic E-state index is -4.28. The highest BCUT2D eigenvalue weighted by atomic mass is 31.2. The number of allylic oxidation sites excluding steroid dienone is 6. The highest BCUT2D eigenvalue weighted by Gasteiger charge is 2.26. The molecule has 0 heterocycles. The van der Waals surface area contributed by atoms with Crippen LogP contribution in [0.5, 0.6) is 0 Å². The summed E-state index contributed by atoms with van der Waals surface area (Å²) in [4.78, 5) is 23.0. The molecule has 0 spiro atoms. The van der Waals surface area contributed by atoms with E-state index in [0.717, 1.165) is 44.9 Å². The van der Waals surface area contributed by atoms with Crippen LogP contribution in [-0.4, -0.2) is 75.6 Å². The third kappa shape index (κ3) is 53.5. The predicted molar refractivity (Wildman–Crippen MR) is 280 cm³/mol. The lowest BCUT2D eigenvalue weighted by atomic mass is 10.0. The average molecular weight is 939 g/mol. The Hall–Kier alpha value is -1.28. The predicted octanol–water partition coefficient (Wildman–Crippen LogP) is 17.3. The fourth-order valence-corrected chi connectivity index (χ4v) is 8.62. The molecule has 2 unspecified atom stereocenters. The van der Waals surface area contributed by atoms with E-state index in [9.17, 15) is 14.3 Å². The van der Waals surface area contributed by atoms with E-state index in [2.05, 4.69) is 50.3 Å². The van der Waals surface area contributed by atoms with Gasteiger partial charge in [0.05, 0.1) is 34.4 Å². The van der Waals surface area contributed by atoms with E-state index in [0.29, 0.717) is 24.1 Å². The minimum Gasteiger partial charge on any atom is -0.457 e. The molecular weight excluding hydrogens is 830 g/mol. The third-order valence-corrected chi connectivity index (χ3v) is 13.2. The maximum absolute atomic E-state index is 12.8. The summed E-state index contributed by atoms with van der Waals surface area (Å²) in [5.41, 5.74) is 0. The maximum atomic E-state index is 12.8. The standard InChI is InChI=1S/C56H108NO7P/c1-6-8-10-12-14-16-18-20-22-24-25-26-27-28-29-30-31-32-34-36-38-40-42-44-46-48-51-61-53-55(54-63-65(59,60)62-52-50-57(3,4)5)64-56(58)49-47-45-43-41-39-37-35-33-23-21-19-17-15-13-11-9-7-2/h15,17,21,23-25,55H,6-14,16,18-20,22,26-54H2,1-5H3/p+1/b17-15-,23-21-,25-24-. The molecule has 0 saturated heterocycles. The second-order valence-corrected chi connectivity index (χ2v) is 21.4. The lowest BCUT2D eigenvalue weighted by Crippen LogP contribution is -2.37. The number of hydrogen-bond acceptors (Lipinski definition) is 6. The van der Waals surface area contributed by atoms with Gasteiger partial charge in [-0.1, -0.05) is 217 Å². The zero-order valence-electron chi connectivity index (χ0n) is 43.7. The van der Waals surface area contributed by atoms with Crippen LogP contribution in [0.25, 0.3) is 0 Å². The van der Waals surface area contributed by atoms with Crippen molar-refractivity contribution in [2.75, 3.05) is 54.1 Å². The Morgan fingerprint density at radius 2 is 0.846 bits per heavy atom. The van der Waals surface area contributed by atoms with Gasteiger partial charge in [0.2, 0.25) is 0 Å². The van der Waals surface area contributed by atoms with Crippen molar-refractivity contribution in [3.05, 3.63) is 36.5 Å². The van der Waals surface area contributed by atoms with E-state index in [1.54, 1.807) is 0 Å². The van der Waals surface area contributed by atoms with Crippen LogP contribution < -0.4 is 0 Å². The molecule has 0 saturated carbocycles. The van der Waals surface area contributed by atoms with Crippen LogP contribution in [0.2, 0.25) is 0 Å². The minimum absolute atomic E-state index is 0.0878. The fraction of sp³-hybridized carbons (Fsp3) is 0.875. The monoisotopic (exact) mass is 939 g/mol. The Labute approximate surface area is 404 Å². The second-order valence-electron chi connectivity index (χ2n) is 20.0. The Morgan fingerprint density at radius 1 is 0.477 bits per heavy atom. The summed E-state index contributed by atoms with van der Waals surface area (Å²) in [6.07, 6.45) is 60.6. The molecule has 0 aliphatic rings. The molecule has 0 aromatic heterocycles. The van der Waals surface area contributed by atoms with E-state index >= 15 is 0 Å². The van der Waals surface area contributed by atoms with Crippen LogP contribution in [0.4, 0.5) is 0 Å². The van der Waals surface area contributed by atoms with Gasteiger partial charge < -0.3 is 18.9 Å². The third-order valence-electron chi connectivity index (χ3n) is 12.2. The summed E-state index contributed by atoms with van der Waals surface area (Å²) in [7, 11) is 1.67. The summed E-state index contributed by atoms with van der Waals surface area (Å²) in [6, 6.07) is 0. The van der Waals surface area contributed by atoms with Crippen LogP contribution in [0, 0.1) is 0 Å². The van der Waals surface area contributed by atoms with Crippen molar-refractivity contribution in [1.29, 1.82) is 0 Å². The first-order chi connectivity index (χ1) is 31.6. The first-order valence-electron chi connectivity index (χ1n) is 27.7. The quantitative estimate of drug-likeness (QED) is 0.0214. The van der Waals surface area contributed by atoms with Gasteiger partial charge in [-0.05, 0) is 70.6 Å². The number of carbonyl (C=O) groups excluding carboxylic acids is 1. The lowest BCUT2D eigenvalue weighted by Gasteiger charge is -2.24. The first kappa shape index (κ1) is 63.7. The normalized spacial score (nSPS) is 13.8. The number of hydrogen-bond donors (Lipinski definition) is 1. The van der Waals surface area contributed by atoms with Gasteiger partial charge in [0.15, 0.2) is 0 Å². The summed E-state index contributed by atoms with van der Waals surface area (Å²) < 4.78 is 35.2. The highest BCUT2D eigenvalue weighted by molar-refractivity contribution is 7.47. The van der Waals surface area contributed by atoms with Crippen molar-refractivity contribution in [1.82, 2.24) is 0 Å². The van der Waals surface area contributed by atoms with Crippen molar-refractivity contribution < 1.29 is 37.3 Å². The molecule has 0 aliphatic heterocycles. The summed E-state index contributed by atoms with van der Waals surface area (Å²) >= 11 is 0. The molecule has 0 radical (unpaired) electrons. The van der Waals surface area contributed by atoms with Crippen molar-refractivity contribution in [3.63, 3.8) is 0 Å². The Morgan fingerprint density at radius 3 is 1.29 bits per heavy atom. The van der Waals surface area contributed by atoms with E-state index in [1.807, 2.05) is 21.1 Å². The number of phosphoric ester groups is 1. The topological polar surface area (TPSA) is 91.3 Å². The number of nitrogens with zero attached hydrogens (tertiary/aromatic N) is 1. The molecule has 2 atom stereocenters. The lowest BCUT2D eigenvalue weighted by molar-refractivity contribution is -0.870. The summed E-state index contributed by atoms with van der Waals surface area (Å²) in [5.74, 6) is -0.318. The van der Waals surface area contributed by atoms with Crippen molar-refractivity contribution in [2.45, 2.75) is 264 Å². The molecule has 0 aromatic carbocycles. The molecule has 0 rings (SSSR count). The van der Waals surface area contributed by atoms with E-state index in [1.165, 1.54) is 193 Å². The van der Waals surface area contributed by atoms with Gasteiger partial charge in [-0.15, -0.1) is 0 Å². The summed E-state index contributed by atoms with van der Waals surface area (Å²) in [6.45, 7) is 5.63. The highest BCUT2D eigenvalue weighted by Crippen LogP contribution is 2.43. The van der Waals surface area contributed by atoms with Crippen molar-refractivity contribution in [3.8, 4) is 0 Å². The number of carbonyl (C=O) groups is 1. The van der Waals surface area contributed by atoms with Crippen LogP contribution in [0.1, 0.15) is 258 Å². The molecule has 8 nitrogen and oxygen atoms in total. The van der Waals surface area contributed by atoms with E-state index in [-0.39, 0.29) is 25.8 Å². The molecule has 384 valence electrons. The number of phosphoric acid groups is 1. The zero-order valence-corrected chi connectivity index (χ0v) is 44.6. The molecule has 0 bridgehead atoms. The summed E-state index contributed by atoms with van der Waals surface area (Å²) in [5, 5.41) is 0. The van der Waals surface area contributed by atoms with Gasteiger partial charge in [-0.2, -0.15) is 0 Å². The van der Waals surface area contributed by atoms with Gasteiger partial charge in [0, 0.05) is 13.0 Å². The number of likely N-dealkylation sites (N-methyl/N-ethyl adjacent to an activating group) is 1. The molecule has 1 N–H and O–H groups in total. The van der Waals surface area contributed by atoms with Crippen molar-refractivity contribution in [2.24, 2.45) is 0 Å². The van der Waals surface area contributed by atoms with Gasteiger partial charge in [-0.25, -0.2) is 4.57 Å². The second kappa shape index (κ2) is 49.2.